The maximum atomic E-state index is 12.7. The third kappa shape index (κ3) is 48.1. The van der Waals surface area contributed by atoms with Crippen LogP contribution in [0.15, 0.2) is 12.2 Å². The summed E-state index contributed by atoms with van der Waals surface area (Å²) >= 11 is 0. The highest BCUT2D eigenvalue weighted by Crippen LogP contribution is 2.43. The number of hydrogen-bond donors (Lipinski definition) is 1. The average molecular weight is 887 g/mol. The lowest BCUT2D eigenvalue weighted by Crippen LogP contribution is -2.37. The van der Waals surface area contributed by atoms with Gasteiger partial charge in [-0.05, 0) is 38.5 Å². The maximum Gasteiger partial charge on any atom is 0.472 e. The highest BCUT2D eigenvalue weighted by atomic mass is 31.2. The molecule has 0 heterocycles. The van der Waals surface area contributed by atoms with Gasteiger partial charge in [0.15, 0.2) is 6.10 Å². The second kappa shape index (κ2) is 44.0. The molecule has 362 valence electrons. The summed E-state index contributed by atoms with van der Waals surface area (Å²) in [7, 11) is 1.49. The molecule has 1 N–H and O–H groups in total. The molecule has 0 saturated carbocycles. The Balaban J connectivity index is 4.18. The van der Waals surface area contributed by atoms with Crippen molar-refractivity contribution < 1.29 is 42.1 Å². The van der Waals surface area contributed by atoms with E-state index in [0.29, 0.717) is 23.9 Å². The normalized spacial score (nSPS) is 13.5. The number of unbranched alkanes of at least 4 members (excludes halogenated alkanes) is 32. The predicted molar refractivity (Wildman–Crippen MR) is 257 cm³/mol. The molecule has 2 atom stereocenters. The number of allylic oxidation sites excluding steroid dienone is 2. The van der Waals surface area contributed by atoms with Gasteiger partial charge in [-0.25, -0.2) is 4.57 Å². The van der Waals surface area contributed by atoms with Gasteiger partial charge < -0.3 is 18.9 Å². The monoisotopic (exact) mass is 887 g/mol. The predicted octanol–water partition coefficient (Wildman–Crippen LogP) is 15.3. The summed E-state index contributed by atoms with van der Waals surface area (Å²) in [6, 6.07) is 0. The van der Waals surface area contributed by atoms with Gasteiger partial charge in [0.05, 0.1) is 27.7 Å². The van der Waals surface area contributed by atoms with E-state index in [9.17, 15) is 19.0 Å². The van der Waals surface area contributed by atoms with Crippen molar-refractivity contribution in [2.24, 2.45) is 0 Å². The van der Waals surface area contributed by atoms with Crippen LogP contribution in [0.2, 0.25) is 0 Å². The highest BCUT2D eigenvalue weighted by molar-refractivity contribution is 7.47. The quantitative estimate of drug-likeness (QED) is 0.0212. The van der Waals surface area contributed by atoms with Gasteiger partial charge in [-0.15, -0.1) is 0 Å². The van der Waals surface area contributed by atoms with E-state index in [1.54, 1.807) is 0 Å². The molecule has 0 amide bonds. The van der Waals surface area contributed by atoms with E-state index in [-0.39, 0.29) is 25.6 Å². The molecule has 0 fully saturated rings. The number of carbonyl (C=O) groups is 2. The first-order valence-electron chi connectivity index (χ1n) is 25.9. The number of phosphoric acid groups is 1. The molecule has 0 aromatic carbocycles. The Labute approximate surface area is 377 Å². The van der Waals surface area contributed by atoms with E-state index >= 15 is 0 Å². The van der Waals surface area contributed by atoms with E-state index < -0.39 is 26.5 Å². The third-order valence-corrected chi connectivity index (χ3v) is 12.5. The number of ether oxygens (including phenoxy) is 2. The summed E-state index contributed by atoms with van der Waals surface area (Å²) < 4.78 is 34.4. The summed E-state index contributed by atoms with van der Waals surface area (Å²) in [6.45, 7) is 4.46. The molecule has 0 aliphatic rings. The lowest BCUT2D eigenvalue weighted by Gasteiger charge is -2.24. The summed E-state index contributed by atoms with van der Waals surface area (Å²) in [4.78, 5) is 35.5. The van der Waals surface area contributed by atoms with Gasteiger partial charge in [-0.3, -0.25) is 18.6 Å². The molecular weight excluding hydrogens is 786 g/mol. The van der Waals surface area contributed by atoms with Crippen LogP contribution in [0.4, 0.5) is 0 Å². The van der Waals surface area contributed by atoms with Gasteiger partial charge in [0, 0.05) is 12.8 Å². The molecule has 9 nitrogen and oxygen atoms in total. The topological polar surface area (TPSA) is 108 Å². The Morgan fingerprint density at radius 2 is 0.836 bits per heavy atom. The summed E-state index contributed by atoms with van der Waals surface area (Å²) in [6.07, 6.45) is 48.4. The van der Waals surface area contributed by atoms with Crippen LogP contribution in [0.25, 0.3) is 0 Å². The number of carbonyl (C=O) groups excluding carboxylic acids is 2. The average Bonchev–Trinajstić information content (AvgIpc) is 3.21. The van der Waals surface area contributed by atoms with Crippen molar-refractivity contribution in [1.29, 1.82) is 0 Å². The van der Waals surface area contributed by atoms with Crippen molar-refractivity contribution in [2.45, 2.75) is 258 Å². The van der Waals surface area contributed by atoms with E-state index in [1.165, 1.54) is 167 Å². The number of likely N-dealkylation sites (N-methyl/N-ethyl adjacent to an activating group) is 1. The van der Waals surface area contributed by atoms with Crippen LogP contribution in [0.1, 0.15) is 251 Å². The molecule has 0 aromatic rings. The first-order valence-corrected chi connectivity index (χ1v) is 27.4. The van der Waals surface area contributed by atoms with E-state index in [1.807, 2.05) is 21.1 Å². The molecule has 61 heavy (non-hydrogen) atoms. The third-order valence-electron chi connectivity index (χ3n) is 11.5. The van der Waals surface area contributed by atoms with Crippen LogP contribution in [-0.4, -0.2) is 74.9 Å². The molecule has 0 saturated heterocycles. The first-order chi connectivity index (χ1) is 29.5. The minimum atomic E-state index is -4.38. The van der Waals surface area contributed by atoms with Crippen LogP contribution in [0, 0.1) is 0 Å². The van der Waals surface area contributed by atoms with Gasteiger partial charge in [-0.2, -0.15) is 0 Å². The minimum Gasteiger partial charge on any atom is -0.462 e. The van der Waals surface area contributed by atoms with Gasteiger partial charge in [0.1, 0.15) is 19.8 Å². The molecular formula is C51H101NO8P+. The molecule has 1 unspecified atom stereocenters. The lowest BCUT2D eigenvalue weighted by atomic mass is 10.0. The smallest absolute Gasteiger partial charge is 0.462 e. The van der Waals surface area contributed by atoms with Crippen molar-refractivity contribution in [3.05, 3.63) is 12.2 Å². The van der Waals surface area contributed by atoms with Crippen molar-refractivity contribution >= 4 is 19.8 Å². The van der Waals surface area contributed by atoms with Gasteiger partial charge in [-0.1, -0.05) is 212 Å². The van der Waals surface area contributed by atoms with Crippen LogP contribution in [0.3, 0.4) is 0 Å². The van der Waals surface area contributed by atoms with E-state index in [4.69, 9.17) is 18.5 Å². The maximum absolute atomic E-state index is 12.7. The number of nitrogens with zero attached hydrogens (tertiary/aromatic N) is 1. The summed E-state index contributed by atoms with van der Waals surface area (Å²) in [5, 5.41) is 0. The zero-order valence-corrected chi connectivity index (χ0v) is 41.8. The number of rotatable bonds is 48. The standard InChI is InChI=1S/C51H100NO8P/c1-6-8-10-12-14-16-18-20-22-23-24-25-26-27-28-30-31-33-35-37-39-41-43-50(53)57-47-49(48-59-61(55,56)58-46-45-52(3,4)5)60-51(54)44-42-40-38-36-34-32-29-21-19-17-15-13-11-9-7-2/h21,29,49H,6-20,22-28,30-48H2,1-5H3/p+1/b29-21+/t49-/m1/s1. The SMILES string of the molecule is CCCCCCCC/C=C/CCCCCCCC(=O)O[C@H](COC(=O)CCCCCCCCCCCCCCCCCCCCCCCC)COP(=O)(O)OCC[N+](C)(C)C. The van der Waals surface area contributed by atoms with Crippen molar-refractivity contribution in [2.75, 3.05) is 47.5 Å². The molecule has 0 radical (unpaired) electrons. The van der Waals surface area contributed by atoms with Crippen LogP contribution < -0.4 is 0 Å². The Hall–Kier alpha value is -1.25. The minimum absolute atomic E-state index is 0.0335. The molecule has 0 bridgehead atoms. The first kappa shape index (κ1) is 59.8. The second-order valence-corrected chi connectivity index (χ2v) is 20.4. The summed E-state index contributed by atoms with van der Waals surface area (Å²) in [5.74, 6) is -0.793. The van der Waals surface area contributed by atoms with E-state index in [0.717, 1.165) is 51.4 Å². The Morgan fingerprint density at radius 3 is 1.21 bits per heavy atom. The van der Waals surface area contributed by atoms with Crippen molar-refractivity contribution in [3.63, 3.8) is 0 Å². The van der Waals surface area contributed by atoms with Crippen molar-refractivity contribution in [1.82, 2.24) is 0 Å². The zero-order chi connectivity index (χ0) is 45.0. The van der Waals surface area contributed by atoms with Gasteiger partial charge in [0.25, 0.3) is 0 Å². The Morgan fingerprint density at radius 1 is 0.492 bits per heavy atom. The van der Waals surface area contributed by atoms with Gasteiger partial charge >= 0.3 is 19.8 Å². The molecule has 0 aliphatic heterocycles. The number of hydrogen-bond acceptors (Lipinski definition) is 7. The van der Waals surface area contributed by atoms with Crippen LogP contribution in [-0.2, 0) is 32.7 Å². The number of quaternary nitrogens is 1. The fourth-order valence-corrected chi connectivity index (χ4v) is 8.22. The molecule has 10 heteroatoms. The van der Waals surface area contributed by atoms with Gasteiger partial charge in [0.2, 0.25) is 0 Å². The number of phosphoric ester groups is 1. The van der Waals surface area contributed by atoms with Crippen molar-refractivity contribution in [3.8, 4) is 0 Å². The largest absolute Gasteiger partial charge is 0.472 e. The van der Waals surface area contributed by atoms with Crippen LogP contribution >= 0.6 is 7.82 Å². The molecule has 0 aliphatic carbocycles. The lowest BCUT2D eigenvalue weighted by molar-refractivity contribution is -0.870. The fraction of sp³-hybridized carbons (Fsp3) is 0.922. The van der Waals surface area contributed by atoms with E-state index in [2.05, 4.69) is 26.0 Å². The number of esters is 2. The highest BCUT2D eigenvalue weighted by Gasteiger charge is 2.27. The zero-order valence-electron chi connectivity index (χ0n) is 40.9. The molecule has 0 rings (SSSR count). The molecule has 0 aromatic heterocycles. The fourth-order valence-electron chi connectivity index (χ4n) is 7.48. The Kier molecular flexibility index (Phi) is 43.1. The van der Waals surface area contributed by atoms with Crippen LogP contribution in [0.5, 0.6) is 0 Å². The second-order valence-electron chi connectivity index (χ2n) is 18.9. The Bertz CT molecular complexity index is 1050. The summed E-state index contributed by atoms with van der Waals surface area (Å²) in [5.41, 5.74) is 0. The molecule has 0 spiro atoms.